The van der Waals surface area contributed by atoms with Gasteiger partial charge in [-0.05, 0) is 37.0 Å². The molecule has 0 aromatic heterocycles. The summed E-state index contributed by atoms with van der Waals surface area (Å²) in [5, 5.41) is 0. The molecular weight excluding hydrogens is 292 g/mol. The van der Waals surface area contributed by atoms with Crippen LogP contribution in [-0.2, 0) is 0 Å². The molecular formula is C14H19BrN2O. The second-order valence-corrected chi connectivity index (χ2v) is 5.94. The fraction of sp³-hybridized carbons (Fsp3) is 0.500. The van der Waals surface area contributed by atoms with Gasteiger partial charge in [0.05, 0.1) is 0 Å². The van der Waals surface area contributed by atoms with Crippen molar-refractivity contribution in [3.8, 4) is 0 Å². The first kappa shape index (κ1) is 13.6. The molecule has 2 atom stereocenters. The molecule has 0 saturated carbocycles. The molecule has 0 radical (unpaired) electrons. The first-order chi connectivity index (χ1) is 8.61. The van der Waals surface area contributed by atoms with Crippen molar-refractivity contribution in [2.45, 2.75) is 25.8 Å². The minimum absolute atomic E-state index is 0.0960. The van der Waals surface area contributed by atoms with Gasteiger partial charge in [0.25, 0.3) is 5.91 Å². The predicted molar refractivity (Wildman–Crippen MR) is 76.4 cm³/mol. The molecule has 1 saturated heterocycles. The van der Waals surface area contributed by atoms with Gasteiger partial charge < -0.3 is 10.6 Å². The standard InChI is InChI=1S/C14H19BrN2O/c1-10-5-6-17(13(7-10)9-16)14(18)11-3-2-4-12(15)8-11/h2-4,8,10,13H,5-7,9,16H2,1H3. The molecule has 0 spiro atoms. The number of piperidine rings is 1. The SMILES string of the molecule is CC1CCN(C(=O)c2cccc(Br)c2)C(CN)C1. The van der Waals surface area contributed by atoms with Gasteiger partial charge in [-0.25, -0.2) is 0 Å². The van der Waals surface area contributed by atoms with Crippen LogP contribution >= 0.6 is 15.9 Å². The van der Waals surface area contributed by atoms with Crippen LogP contribution in [0.4, 0.5) is 0 Å². The van der Waals surface area contributed by atoms with Crippen molar-refractivity contribution in [1.29, 1.82) is 0 Å². The summed E-state index contributed by atoms with van der Waals surface area (Å²) >= 11 is 3.40. The van der Waals surface area contributed by atoms with Crippen LogP contribution in [0.1, 0.15) is 30.1 Å². The highest BCUT2D eigenvalue weighted by atomic mass is 79.9. The van der Waals surface area contributed by atoms with E-state index < -0.39 is 0 Å². The second kappa shape index (κ2) is 5.85. The minimum Gasteiger partial charge on any atom is -0.334 e. The number of nitrogens with two attached hydrogens (primary N) is 1. The minimum atomic E-state index is 0.0960. The lowest BCUT2D eigenvalue weighted by atomic mass is 9.92. The van der Waals surface area contributed by atoms with E-state index in [4.69, 9.17) is 5.73 Å². The number of nitrogens with zero attached hydrogens (tertiary/aromatic N) is 1. The topological polar surface area (TPSA) is 46.3 Å². The van der Waals surface area contributed by atoms with E-state index in [0.29, 0.717) is 12.5 Å². The Bertz CT molecular complexity index is 436. The van der Waals surface area contributed by atoms with E-state index in [1.807, 2.05) is 29.2 Å². The van der Waals surface area contributed by atoms with Crippen LogP contribution in [0.5, 0.6) is 0 Å². The van der Waals surface area contributed by atoms with Crippen molar-refractivity contribution in [2.24, 2.45) is 11.7 Å². The molecule has 2 rings (SSSR count). The van der Waals surface area contributed by atoms with Crippen LogP contribution < -0.4 is 5.73 Å². The van der Waals surface area contributed by atoms with Crippen LogP contribution in [0, 0.1) is 5.92 Å². The number of rotatable bonds is 2. The molecule has 1 aromatic carbocycles. The summed E-state index contributed by atoms with van der Waals surface area (Å²) in [5.41, 5.74) is 6.53. The molecule has 1 heterocycles. The van der Waals surface area contributed by atoms with Gasteiger partial charge in [-0.3, -0.25) is 4.79 Å². The fourth-order valence-corrected chi connectivity index (χ4v) is 2.93. The Labute approximate surface area is 116 Å². The summed E-state index contributed by atoms with van der Waals surface area (Å²) in [6.07, 6.45) is 2.08. The molecule has 0 bridgehead atoms. The van der Waals surface area contributed by atoms with Crippen molar-refractivity contribution < 1.29 is 4.79 Å². The Balaban J connectivity index is 2.17. The molecule has 2 unspecified atom stereocenters. The van der Waals surface area contributed by atoms with Crippen molar-refractivity contribution in [3.05, 3.63) is 34.3 Å². The summed E-state index contributed by atoms with van der Waals surface area (Å²) in [4.78, 5) is 14.4. The smallest absolute Gasteiger partial charge is 0.254 e. The Hall–Kier alpha value is -0.870. The lowest BCUT2D eigenvalue weighted by molar-refractivity contribution is 0.0573. The Morgan fingerprint density at radius 1 is 1.56 bits per heavy atom. The largest absolute Gasteiger partial charge is 0.334 e. The number of carbonyl (C=O) groups is 1. The number of halogens is 1. The molecule has 18 heavy (non-hydrogen) atoms. The Morgan fingerprint density at radius 2 is 2.33 bits per heavy atom. The van der Waals surface area contributed by atoms with Crippen molar-refractivity contribution in [2.75, 3.05) is 13.1 Å². The third-order valence-electron chi connectivity index (χ3n) is 3.58. The third-order valence-corrected chi connectivity index (χ3v) is 4.08. The predicted octanol–water partition coefficient (Wildman–Crippen LogP) is 2.65. The van der Waals surface area contributed by atoms with E-state index in [-0.39, 0.29) is 11.9 Å². The van der Waals surface area contributed by atoms with Crippen molar-refractivity contribution >= 4 is 21.8 Å². The number of hydrogen-bond acceptors (Lipinski definition) is 2. The van der Waals surface area contributed by atoms with Gasteiger partial charge in [0, 0.05) is 29.2 Å². The fourth-order valence-electron chi connectivity index (χ4n) is 2.53. The number of likely N-dealkylation sites (tertiary alicyclic amines) is 1. The molecule has 2 N–H and O–H groups in total. The van der Waals surface area contributed by atoms with Crippen LogP contribution in [0.2, 0.25) is 0 Å². The van der Waals surface area contributed by atoms with Crippen molar-refractivity contribution in [3.63, 3.8) is 0 Å². The zero-order chi connectivity index (χ0) is 13.1. The van der Waals surface area contributed by atoms with E-state index in [0.717, 1.165) is 29.4 Å². The maximum atomic E-state index is 12.5. The molecule has 1 fully saturated rings. The zero-order valence-electron chi connectivity index (χ0n) is 10.6. The normalized spacial score (nSPS) is 24.1. The lowest BCUT2D eigenvalue weighted by Gasteiger charge is -2.38. The lowest BCUT2D eigenvalue weighted by Crippen LogP contribution is -2.49. The van der Waals surface area contributed by atoms with E-state index in [9.17, 15) is 4.79 Å². The van der Waals surface area contributed by atoms with Crippen LogP contribution in [0.3, 0.4) is 0 Å². The first-order valence-corrected chi connectivity index (χ1v) is 7.17. The molecule has 1 aliphatic heterocycles. The van der Waals surface area contributed by atoms with Gasteiger partial charge in [-0.15, -0.1) is 0 Å². The Kier molecular flexibility index (Phi) is 4.40. The van der Waals surface area contributed by atoms with Gasteiger partial charge >= 0.3 is 0 Å². The summed E-state index contributed by atoms with van der Waals surface area (Å²) in [6.45, 7) is 3.59. The van der Waals surface area contributed by atoms with Crippen molar-refractivity contribution in [1.82, 2.24) is 4.90 Å². The molecule has 3 nitrogen and oxygen atoms in total. The zero-order valence-corrected chi connectivity index (χ0v) is 12.2. The number of amides is 1. The van der Waals surface area contributed by atoms with Gasteiger partial charge in [-0.2, -0.15) is 0 Å². The molecule has 1 amide bonds. The van der Waals surface area contributed by atoms with Gasteiger partial charge in [0.2, 0.25) is 0 Å². The van der Waals surface area contributed by atoms with E-state index >= 15 is 0 Å². The number of benzene rings is 1. The molecule has 4 heteroatoms. The van der Waals surface area contributed by atoms with Gasteiger partial charge in [0.1, 0.15) is 0 Å². The monoisotopic (exact) mass is 310 g/mol. The number of hydrogen-bond donors (Lipinski definition) is 1. The maximum absolute atomic E-state index is 12.5. The number of carbonyl (C=O) groups excluding carboxylic acids is 1. The quantitative estimate of drug-likeness (QED) is 0.913. The van der Waals surface area contributed by atoms with Crippen LogP contribution in [0.15, 0.2) is 28.7 Å². The summed E-state index contributed by atoms with van der Waals surface area (Å²) in [7, 11) is 0. The molecule has 1 aliphatic rings. The highest BCUT2D eigenvalue weighted by Gasteiger charge is 2.29. The van der Waals surface area contributed by atoms with E-state index in [2.05, 4.69) is 22.9 Å². The highest BCUT2D eigenvalue weighted by Crippen LogP contribution is 2.24. The average Bonchev–Trinajstić information content (AvgIpc) is 2.37. The van der Waals surface area contributed by atoms with Gasteiger partial charge in [-0.1, -0.05) is 28.9 Å². The second-order valence-electron chi connectivity index (χ2n) is 5.03. The molecule has 1 aromatic rings. The summed E-state index contributed by atoms with van der Waals surface area (Å²) in [5.74, 6) is 0.753. The van der Waals surface area contributed by atoms with Gasteiger partial charge in [0.15, 0.2) is 0 Å². The van der Waals surface area contributed by atoms with Crippen LogP contribution in [-0.4, -0.2) is 29.9 Å². The third kappa shape index (κ3) is 2.93. The summed E-state index contributed by atoms with van der Waals surface area (Å²) in [6, 6.07) is 7.73. The average molecular weight is 311 g/mol. The molecule has 0 aliphatic carbocycles. The molecule has 98 valence electrons. The first-order valence-electron chi connectivity index (χ1n) is 6.38. The maximum Gasteiger partial charge on any atom is 0.254 e. The van der Waals surface area contributed by atoms with Crippen LogP contribution in [0.25, 0.3) is 0 Å². The highest BCUT2D eigenvalue weighted by molar-refractivity contribution is 9.10. The summed E-state index contributed by atoms with van der Waals surface area (Å²) < 4.78 is 0.933. The van der Waals surface area contributed by atoms with E-state index in [1.165, 1.54) is 0 Å². The Morgan fingerprint density at radius 3 is 3.00 bits per heavy atom. The van der Waals surface area contributed by atoms with E-state index in [1.54, 1.807) is 0 Å².